The molecule has 2 heteroatoms. The van der Waals surface area contributed by atoms with Crippen LogP contribution in [0.1, 0.15) is 13.8 Å². The van der Waals surface area contributed by atoms with Gasteiger partial charge >= 0.3 is 0 Å². The number of rotatable bonds is 0. The van der Waals surface area contributed by atoms with Gasteiger partial charge in [0.15, 0.2) is 0 Å². The lowest BCUT2D eigenvalue weighted by molar-refractivity contribution is 0.296. The van der Waals surface area contributed by atoms with Crippen molar-refractivity contribution in [3.8, 4) is 0 Å². The number of likely N-dealkylation sites (tertiary alicyclic amines) is 1. The molecule has 2 saturated heterocycles. The first-order chi connectivity index (χ1) is 5.09. The Morgan fingerprint density at radius 3 is 2.73 bits per heavy atom. The molecule has 0 aromatic rings. The Kier molecular flexibility index (Phi) is 1.52. The van der Waals surface area contributed by atoms with E-state index in [1.807, 2.05) is 0 Å². The van der Waals surface area contributed by atoms with E-state index < -0.39 is 0 Å². The van der Waals surface area contributed by atoms with Crippen LogP contribution in [0.25, 0.3) is 0 Å². The van der Waals surface area contributed by atoms with Gasteiger partial charge in [0.25, 0.3) is 0 Å². The minimum absolute atomic E-state index is 0.384. The van der Waals surface area contributed by atoms with Crippen LogP contribution in [0.15, 0.2) is 0 Å². The van der Waals surface area contributed by atoms with Gasteiger partial charge in [-0.15, -0.1) is 0 Å². The van der Waals surface area contributed by atoms with Crippen LogP contribution in [-0.4, -0.2) is 37.1 Å². The van der Waals surface area contributed by atoms with Crippen molar-refractivity contribution in [1.29, 1.82) is 0 Å². The first-order valence-electron chi connectivity index (χ1n) is 4.53. The number of nitrogens with zero attached hydrogens (tertiary/aromatic N) is 1. The van der Waals surface area contributed by atoms with Crippen molar-refractivity contribution in [1.82, 2.24) is 10.2 Å². The number of hydrogen-bond donors (Lipinski definition) is 1. The second kappa shape index (κ2) is 2.20. The van der Waals surface area contributed by atoms with Gasteiger partial charge in [0, 0.05) is 25.2 Å². The second-order valence-corrected chi connectivity index (χ2v) is 4.69. The van der Waals surface area contributed by atoms with Crippen molar-refractivity contribution in [2.75, 3.05) is 26.7 Å². The summed E-state index contributed by atoms with van der Waals surface area (Å²) >= 11 is 0. The maximum atomic E-state index is 3.59. The SMILES string of the molecule is CN1CC2CNC(C)(C)C2C1. The van der Waals surface area contributed by atoms with Gasteiger partial charge in [-0.25, -0.2) is 0 Å². The Morgan fingerprint density at radius 2 is 2.09 bits per heavy atom. The molecular formula is C9H18N2. The quantitative estimate of drug-likeness (QED) is 0.548. The number of hydrogen-bond acceptors (Lipinski definition) is 2. The largest absolute Gasteiger partial charge is 0.311 e. The van der Waals surface area contributed by atoms with Crippen molar-refractivity contribution in [2.24, 2.45) is 11.8 Å². The number of nitrogens with one attached hydrogen (secondary N) is 1. The van der Waals surface area contributed by atoms with E-state index in [1.165, 1.54) is 19.6 Å². The molecular weight excluding hydrogens is 136 g/mol. The Hall–Kier alpha value is -0.0800. The summed E-state index contributed by atoms with van der Waals surface area (Å²) < 4.78 is 0. The summed E-state index contributed by atoms with van der Waals surface area (Å²) in [5, 5.41) is 3.59. The zero-order chi connectivity index (χ0) is 8.06. The van der Waals surface area contributed by atoms with Gasteiger partial charge < -0.3 is 10.2 Å². The molecule has 2 nitrogen and oxygen atoms in total. The Bertz CT molecular complexity index is 165. The summed E-state index contributed by atoms with van der Waals surface area (Å²) in [6.07, 6.45) is 0. The molecule has 0 spiro atoms. The maximum absolute atomic E-state index is 3.59. The standard InChI is InChI=1S/C9H18N2/c1-9(2)8-6-11(3)5-7(8)4-10-9/h7-8,10H,4-6H2,1-3H3. The van der Waals surface area contributed by atoms with Crippen LogP contribution in [0.2, 0.25) is 0 Å². The van der Waals surface area contributed by atoms with Gasteiger partial charge in [0.05, 0.1) is 0 Å². The van der Waals surface area contributed by atoms with Crippen LogP contribution in [-0.2, 0) is 0 Å². The minimum atomic E-state index is 0.384. The highest BCUT2D eigenvalue weighted by atomic mass is 15.2. The van der Waals surface area contributed by atoms with E-state index in [-0.39, 0.29) is 0 Å². The molecule has 2 aliphatic rings. The van der Waals surface area contributed by atoms with E-state index in [0.29, 0.717) is 5.54 Å². The van der Waals surface area contributed by atoms with Gasteiger partial charge in [0.2, 0.25) is 0 Å². The average Bonchev–Trinajstić information content (AvgIpc) is 2.35. The smallest absolute Gasteiger partial charge is 0.0169 e. The lowest BCUT2D eigenvalue weighted by Gasteiger charge is -2.26. The van der Waals surface area contributed by atoms with E-state index in [1.54, 1.807) is 0 Å². The molecule has 0 radical (unpaired) electrons. The molecule has 0 amide bonds. The van der Waals surface area contributed by atoms with Crippen LogP contribution >= 0.6 is 0 Å². The highest BCUT2D eigenvalue weighted by Gasteiger charge is 2.45. The molecule has 0 aromatic carbocycles. The highest BCUT2D eigenvalue weighted by Crippen LogP contribution is 2.36. The summed E-state index contributed by atoms with van der Waals surface area (Å²) in [6, 6.07) is 0. The van der Waals surface area contributed by atoms with E-state index in [4.69, 9.17) is 0 Å². The minimum Gasteiger partial charge on any atom is -0.311 e. The third-order valence-corrected chi connectivity index (χ3v) is 3.37. The monoisotopic (exact) mass is 154 g/mol. The van der Waals surface area contributed by atoms with Gasteiger partial charge in [0.1, 0.15) is 0 Å². The highest BCUT2D eigenvalue weighted by molar-refractivity contribution is 5.02. The van der Waals surface area contributed by atoms with Crippen LogP contribution in [0.3, 0.4) is 0 Å². The lowest BCUT2D eigenvalue weighted by atomic mass is 9.85. The van der Waals surface area contributed by atoms with Gasteiger partial charge in [-0.2, -0.15) is 0 Å². The molecule has 2 fully saturated rings. The summed E-state index contributed by atoms with van der Waals surface area (Å²) in [5.74, 6) is 1.79. The molecule has 1 N–H and O–H groups in total. The fourth-order valence-electron chi connectivity index (χ4n) is 2.64. The van der Waals surface area contributed by atoms with Crippen LogP contribution in [0.5, 0.6) is 0 Å². The van der Waals surface area contributed by atoms with Crippen molar-refractivity contribution in [3.05, 3.63) is 0 Å². The lowest BCUT2D eigenvalue weighted by Crippen LogP contribution is -2.40. The Morgan fingerprint density at radius 1 is 1.36 bits per heavy atom. The summed E-state index contributed by atoms with van der Waals surface area (Å²) in [5.41, 5.74) is 0.384. The van der Waals surface area contributed by atoms with Crippen LogP contribution < -0.4 is 5.32 Å². The first-order valence-corrected chi connectivity index (χ1v) is 4.53. The topological polar surface area (TPSA) is 15.3 Å². The molecule has 2 heterocycles. The van der Waals surface area contributed by atoms with Gasteiger partial charge in [-0.1, -0.05) is 0 Å². The van der Waals surface area contributed by atoms with Crippen molar-refractivity contribution < 1.29 is 0 Å². The molecule has 11 heavy (non-hydrogen) atoms. The van der Waals surface area contributed by atoms with E-state index in [0.717, 1.165) is 11.8 Å². The molecule has 2 aliphatic heterocycles. The van der Waals surface area contributed by atoms with Crippen LogP contribution in [0, 0.1) is 11.8 Å². The average molecular weight is 154 g/mol. The van der Waals surface area contributed by atoms with E-state index in [9.17, 15) is 0 Å². The van der Waals surface area contributed by atoms with Gasteiger partial charge in [-0.05, 0) is 32.7 Å². The molecule has 2 unspecified atom stereocenters. The summed E-state index contributed by atoms with van der Waals surface area (Å²) in [4.78, 5) is 2.46. The van der Waals surface area contributed by atoms with Crippen molar-refractivity contribution in [3.63, 3.8) is 0 Å². The molecule has 2 atom stereocenters. The number of fused-ring (bicyclic) bond motifs is 1. The zero-order valence-electron chi connectivity index (χ0n) is 7.72. The maximum Gasteiger partial charge on any atom is 0.0169 e. The van der Waals surface area contributed by atoms with Crippen molar-refractivity contribution >= 4 is 0 Å². The molecule has 0 saturated carbocycles. The van der Waals surface area contributed by atoms with Crippen LogP contribution in [0.4, 0.5) is 0 Å². The summed E-state index contributed by atoms with van der Waals surface area (Å²) in [6.45, 7) is 8.46. The molecule has 0 aromatic heterocycles. The van der Waals surface area contributed by atoms with Gasteiger partial charge in [-0.3, -0.25) is 0 Å². The fourth-order valence-corrected chi connectivity index (χ4v) is 2.64. The Labute approximate surface area is 69.0 Å². The Balaban J connectivity index is 2.13. The first kappa shape index (κ1) is 7.56. The second-order valence-electron chi connectivity index (χ2n) is 4.69. The third-order valence-electron chi connectivity index (χ3n) is 3.37. The summed E-state index contributed by atoms with van der Waals surface area (Å²) in [7, 11) is 2.23. The fraction of sp³-hybridized carbons (Fsp3) is 1.00. The predicted molar refractivity (Wildman–Crippen MR) is 46.6 cm³/mol. The normalized spacial score (nSPS) is 42.8. The molecule has 64 valence electrons. The van der Waals surface area contributed by atoms with E-state index in [2.05, 4.69) is 31.1 Å². The van der Waals surface area contributed by atoms with Crippen molar-refractivity contribution in [2.45, 2.75) is 19.4 Å². The molecule has 0 aliphatic carbocycles. The molecule has 0 bridgehead atoms. The molecule has 2 rings (SSSR count). The zero-order valence-corrected chi connectivity index (χ0v) is 7.72. The third kappa shape index (κ3) is 1.09. The van der Waals surface area contributed by atoms with E-state index >= 15 is 0 Å². The predicted octanol–water partition coefficient (Wildman–Crippen LogP) is 0.546.